The number of hydrogen-bond donors (Lipinski definition) is 2. The van der Waals surface area contributed by atoms with Gasteiger partial charge in [-0.25, -0.2) is 9.59 Å². The molecule has 5 heteroatoms. The fourth-order valence-corrected chi connectivity index (χ4v) is 1.71. The number of ether oxygens (including phenoxy) is 1. The van der Waals surface area contributed by atoms with Crippen LogP contribution >= 0.6 is 0 Å². The lowest BCUT2D eigenvalue weighted by Crippen LogP contribution is -2.41. The molecule has 2 rings (SSSR count). The van der Waals surface area contributed by atoms with Crippen molar-refractivity contribution in [2.75, 3.05) is 12.4 Å². The summed E-state index contributed by atoms with van der Waals surface area (Å²) in [4.78, 5) is 22.8. The summed E-state index contributed by atoms with van der Waals surface area (Å²) in [5.41, 5.74) is 1.11. The number of hydrogen-bond acceptors (Lipinski definition) is 3. The molecule has 0 unspecified atom stereocenters. The fourth-order valence-electron chi connectivity index (χ4n) is 1.71. The standard InChI is InChI=1S/C13H16N2O3/c1-18-12(16)9-5-7-11(8-6-9)15-13(17)14-10-3-2-4-10/h5-8,10H,2-4H2,1H3,(H2,14,15,17). The number of rotatable bonds is 3. The van der Waals surface area contributed by atoms with Gasteiger partial charge in [-0.3, -0.25) is 0 Å². The van der Waals surface area contributed by atoms with Gasteiger partial charge in [-0.05, 0) is 43.5 Å². The third kappa shape index (κ3) is 3.00. The Kier molecular flexibility index (Phi) is 3.82. The summed E-state index contributed by atoms with van der Waals surface area (Å²) in [5, 5.41) is 5.59. The lowest BCUT2D eigenvalue weighted by molar-refractivity contribution is 0.0601. The number of methoxy groups -OCH3 is 1. The molecule has 0 saturated heterocycles. The largest absolute Gasteiger partial charge is 0.465 e. The highest BCUT2D eigenvalue weighted by Crippen LogP contribution is 2.18. The second-order valence-electron chi connectivity index (χ2n) is 4.30. The van der Waals surface area contributed by atoms with Crippen LogP contribution in [0.1, 0.15) is 29.6 Å². The van der Waals surface area contributed by atoms with E-state index in [2.05, 4.69) is 15.4 Å². The normalized spacial score (nSPS) is 14.5. The fraction of sp³-hybridized carbons (Fsp3) is 0.385. The molecule has 0 bridgehead atoms. The highest BCUT2D eigenvalue weighted by atomic mass is 16.5. The van der Waals surface area contributed by atoms with Crippen molar-refractivity contribution in [3.63, 3.8) is 0 Å². The Balaban J connectivity index is 1.89. The van der Waals surface area contributed by atoms with Crippen molar-refractivity contribution >= 4 is 17.7 Å². The van der Waals surface area contributed by atoms with E-state index in [0.717, 1.165) is 12.8 Å². The molecule has 1 aliphatic carbocycles. The number of nitrogens with one attached hydrogen (secondary N) is 2. The van der Waals surface area contributed by atoms with Gasteiger partial charge in [0.1, 0.15) is 0 Å². The predicted octanol–water partition coefficient (Wildman–Crippen LogP) is 2.15. The predicted molar refractivity (Wildman–Crippen MR) is 67.6 cm³/mol. The molecule has 1 fully saturated rings. The van der Waals surface area contributed by atoms with E-state index in [1.165, 1.54) is 13.5 Å². The Hall–Kier alpha value is -2.04. The SMILES string of the molecule is COC(=O)c1ccc(NC(=O)NC2CCC2)cc1. The van der Waals surface area contributed by atoms with Gasteiger partial charge < -0.3 is 15.4 Å². The molecule has 5 nitrogen and oxygen atoms in total. The summed E-state index contributed by atoms with van der Waals surface area (Å²) in [6.07, 6.45) is 3.28. The van der Waals surface area contributed by atoms with Gasteiger partial charge in [0.15, 0.2) is 0 Å². The van der Waals surface area contributed by atoms with Gasteiger partial charge in [0.2, 0.25) is 0 Å². The Labute approximate surface area is 106 Å². The zero-order chi connectivity index (χ0) is 13.0. The first-order valence-electron chi connectivity index (χ1n) is 5.95. The Bertz CT molecular complexity index is 438. The van der Waals surface area contributed by atoms with Crippen molar-refractivity contribution < 1.29 is 14.3 Å². The first-order valence-corrected chi connectivity index (χ1v) is 5.95. The minimum Gasteiger partial charge on any atom is -0.465 e. The minimum absolute atomic E-state index is 0.203. The van der Waals surface area contributed by atoms with Crippen LogP contribution in [0.5, 0.6) is 0 Å². The van der Waals surface area contributed by atoms with Crippen LogP contribution in [0.4, 0.5) is 10.5 Å². The summed E-state index contributed by atoms with van der Waals surface area (Å²) in [6.45, 7) is 0. The van der Waals surface area contributed by atoms with Crippen molar-refractivity contribution in [2.24, 2.45) is 0 Å². The molecule has 1 aromatic carbocycles. The van der Waals surface area contributed by atoms with Gasteiger partial charge in [-0.1, -0.05) is 0 Å². The number of anilines is 1. The van der Waals surface area contributed by atoms with E-state index in [4.69, 9.17) is 0 Å². The molecule has 96 valence electrons. The zero-order valence-electron chi connectivity index (χ0n) is 10.2. The summed E-state index contributed by atoms with van der Waals surface area (Å²) >= 11 is 0. The minimum atomic E-state index is -0.388. The molecule has 1 aliphatic rings. The molecule has 0 aromatic heterocycles. The van der Waals surface area contributed by atoms with Gasteiger partial charge in [-0.15, -0.1) is 0 Å². The van der Waals surface area contributed by atoms with Gasteiger partial charge in [-0.2, -0.15) is 0 Å². The Morgan fingerprint density at radius 1 is 1.22 bits per heavy atom. The second kappa shape index (κ2) is 5.53. The molecule has 18 heavy (non-hydrogen) atoms. The summed E-state index contributed by atoms with van der Waals surface area (Å²) in [7, 11) is 1.33. The molecule has 2 amide bonds. The van der Waals surface area contributed by atoms with Gasteiger partial charge in [0, 0.05) is 11.7 Å². The van der Waals surface area contributed by atoms with Crippen LogP contribution in [0, 0.1) is 0 Å². The van der Waals surface area contributed by atoms with Crippen molar-refractivity contribution in [1.82, 2.24) is 5.32 Å². The summed E-state index contributed by atoms with van der Waals surface area (Å²) in [5.74, 6) is -0.388. The third-order valence-corrected chi connectivity index (χ3v) is 3.00. The molecule has 0 atom stereocenters. The number of carbonyl (C=O) groups excluding carboxylic acids is 2. The van der Waals surface area contributed by atoms with E-state index in [-0.39, 0.29) is 12.0 Å². The number of amides is 2. The quantitative estimate of drug-likeness (QED) is 0.805. The van der Waals surface area contributed by atoms with Crippen LogP contribution in [0.15, 0.2) is 24.3 Å². The average molecular weight is 248 g/mol. The monoisotopic (exact) mass is 248 g/mol. The van der Waals surface area contributed by atoms with E-state index in [1.807, 2.05) is 0 Å². The van der Waals surface area contributed by atoms with Gasteiger partial charge in [0.05, 0.1) is 12.7 Å². The van der Waals surface area contributed by atoms with Gasteiger partial charge in [0.25, 0.3) is 0 Å². The molecular weight excluding hydrogens is 232 g/mol. The van der Waals surface area contributed by atoms with E-state index in [9.17, 15) is 9.59 Å². The van der Waals surface area contributed by atoms with Crippen LogP contribution in [-0.2, 0) is 4.74 Å². The molecular formula is C13H16N2O3. The van der Waals surface area contributed by atoms with Crippen LogP contribution in [0.2, 0.25) is 0 Å². The molecule has 2 N–H and O–H groups in total. The Morgan fingerprint density at radius 3 is 2.39 bits per heavy atom. The molecule has 0 heterocycles. The van der Waals surface area contributed by atoms with E-state index in [0.29, 0.717) is 17.3 Å². The maximum Gasteiger partial charge on any atom is 0.337 e. The third-order valence-electron chi connectivity index (χ3n) is 3.00. The molecule has 0 spiro atoms. The number of esters is 1. The van der Waals surface area contributed by atoms with Crippen LogP contribution in [0.25, 0.3) is 0 Å². The maximum atomic E-state index is 11.6. The van der Waals surface area contributed by atoms with Crippen LogP contribution < -0.4 is 10.6 Å². The van der Waals surface area contributed by atoms with Crippen molar-refractivity contribution in [3.8, 4) is 0 Å². The first-order chi connectivity index (χ1) is 8.69. The number of urea groups is 1. The molecule has 0 radical (unpaired) electrons. The lowest BCUT2D eigenvalue weighted by Gasteiger charge is -2.26. The second-order valence-corrected chi connectivity index (χ2v) is 4.30. The summed E-state index contributed by atoms with van der Waals surface area (Å²) < 4.78 is 4.59. The van der Waals surface area contributed by atoms with Gasteiger partial charge >= 0.3 is 12.0 Å². The molecule has 1 aromatic rings. The van der Waals surface area contributed by atoms with E-state index < -0.39 is 0 Å². The number of carbonyl (C=O) groups is 2. The van der Waals surface area contributed by atoms with Crippen molar-refractivity contribution in [2.45, 2.75) is 25.3 Å². The Morgan fingerprint density at radius 2 is 1.89 bits per heavy atom. The lowest BCUT2D eigenvalue weighted by atomic mass is 9.93. The summed E-state index contributed by atoms with van der Waals surface area (Å²) in [6, 6.07) is 6.68. The highest BCUT2D eigenvalue weighted by Gasteiger charge is 2.19. The zero-order valence-corrected chi connectivity index (χ0v) is 10.2. The van der Waals surface area contributed by atoms with Crippen molar-refractivity contribution in [3.05, 3.63) is 29.8 Å². The molecule has 1 saturated carbocycles. The maximum absolute atomic E-state index is 11.6. The van der Waals surface area contributed by atoms with Crippen molar-refractivity contribution in [1.29, 1.82) is 0 Å². The topological polar surface area (TPSA) is 67.4 Å². The smallest absolute Gasteiger partial charge is 0.337 e. The van der Waals surface area contributed by atoms with Crippen LogP contribution in [0.3, 0.4) is 0 Å². The van der Waals surface area contributed by atoms with Crippen LogP contribution in [-0.4, -0.2) is 25.2 Å². The average Bonchev–Trinajstić information content (AvgIpc) is 2.34. The van der Waals surface area contributed by atoms with E-state index >= 15 is 0 Å². The van der Waals surface area contributed by atoms with E-state index in [1.54, 1.807) is 24.3 Å². The molecule has 0 aliphatic heterocycles. The number of benzene rings is 1. The highest BCUT2D eigenvalue weighted by molar-refractivity contribution is 5.92. The first kappa shape index (κ1) is 12.4.